The van der Waals surface area contributed by atoms with Crippen LogP contribution in [0.2, 0.25) is 0 Å². The summed E-state index contributed by atoms with van der Waals surface area (Å²) in [5, 5.41) is 3.64. The van der Waals surface area contributed by atoms with Gasteiger partial charge in [-0.25, -0.2) is 0 Å². The summed E-state index contributed by atoms with van der Waals surface area (Å²) in [5.41, 5.74) is 0.465. The van der Waals surface area contributed by atoms with Gasteiger partial charge in [-0.1, -0.05) is 33.6 Å². The normalized spacial score (nSPS) is 29.2. The molecule has 0 aromatic rings. The molecule has 2 rings (SSSR count). The highest BCUT2D eigenvalue weighted by atomic mass is 15.2. The summed E-state index contributed by atoms with van der Waals surface area (Å²) in [6.07, 6.45) is 10.1. The third-order valence-corrected chi connectivity index (χ3v) is 4.99. The van der Waals surface area contributed by atoms with Crippen LogP contribution < -0.4 is 5.32 Å². The fourth-order valence-corrected chi connectivity index (χ4v) is 3.82. The first-order valence-electron chi connectivity index (χ1n) is 8.51. The second kappa shape index (κ2) is 7.08. The third-order valence-electron chi connectivity index (χ3n) is 4.99. The van der Waals surface area contributed by atoms with Crippen molar-refractivity contribution in [1.29, 1.82) is 0 Å². The highest BCUT2D eigenvalue weighted by Crippen LogP contribution is 2.34. The number of rotatable bonds is 5. The van der Waals surface area contributed by atoms with Crippen molar-refractivity contribution in [2.75, 3.05) is 26.2 Å². The Kier molecular flexibility index (Phi) is 5.70. The molecule has 19 heavy (non-hydrogen) atoms. The Morgan fingerprint density at radius 3 is 2.53 bits per heavy atom. The maximum Gasteiger partial charge on any atom is 0.0124 e. The molecular formula is C17H34N2. The number of fused-ring (bicyclic) bond motifs is 1. The van der Waals surface area contributed by atoms with E-state index in [2.05, 4.69) is 31.0 Å². The van der Waals surface area contributed by atoms with Gasteiger partial charge in [0, 0.05) is 19.1 Å². The average Bonchev–Trinajstić information content (AvgIpc) is 2.37. The maximum atomic E-state index is 3.64. The van der Waals surface area contributed by atoms with Crippen molar-refractivity contribution in [3.05, 3.63) is 0 Å². The zero-order valence-electron chi connectivity index (χ0n) is 13.4. The average molecular weight is 266 g/mol. The molecule has 1 saturated heterocycles. The van der Waals surface area contributed by atoms with Crippen LogP contribution in [0.25, 0.3) is 0 Å². The summed E-state index contributed by atoms with van der Waals surface area (Å²) in [6, 6.07) is 0.923. The number of hydrogen-bond donors (Lipinski definition) is 1. The predicted molar refractivity (Wildman–Crippen MR) is 83.5 cm³/mol. The second-order valence-electron chi connectivity index (χ2n) is 7.85. The molecule has 2 unspecified atom stereocenters. The van der Waals surface area contributed by atoms with Crippen molar-refractivity contribution in [3.8, 4) is 0 Å². The summed E-state index contributed by atoms with van der Waals surface area (Å²) in [4.78, 5) is 2.79. The monoisotopic (exact) mass is 266 g/mol. The minimum Gasteiger partial charge on any atom is -0.315 e. The van der Waals surface area contributed by atoms with Crippen LogP contribution in [0.5, 0.6) is 0 Å². The Bertz CT molecular complexity index is 254. The Labute approximate surface area is 120 Å². The van der Waals surface area contributed by atoms with Crippen molar-refractivity contribution in [3.63, 3.8) is 0 Å². The number of likely N-dealkylation sites (tertiary alicyclic amines) is 1. The number of nitrogens with one attached hydrogen (secondary N) is 1. The molecule has 2 fully saturated rings. The third kappa shape index (κ3) is 5.07. The molecule has 1 N–H and O–H groups in total. The predicted octanol–water partition coefficient (Wildman–Crippen LogP) is 3.67. The summed E-state index contributed by atoms with van der Waals surface area (Å²) in [5.74, 6) is 1.03. The van der Waals surface area contributed by atoms with Crippen LogP contribution in [0.3, 0.4) is 0 Å². The first kappa shape index (κ1) is 15.3. The molecule has 112 valence electrons. The lowest BCUT2D eigenvalue weighted by Crippen LogP contribution is -2.48. The molecule has 1 heterocycles. The van der Waals surface area contributed by atoms with Crippen molar-refractivity contribution in [2.45, 2.75) is 71.8 Å². The quantitative estimate of drug-likeness (QED) is 0.764. The van der Waals surface area contributed by atoms with E-state index in [-0.39, 0.29) is 0 Å². The molecule has 0 radical (unpaired) electrons. The van der Waals surface area contributed by atoms with Gasteiger partial charge in [0.2, 0.25) is 0 Å². The molecule has 1 aliphatic carbocycles. The molecule has 2 aliphatic rings. The van der Waals surface area contributed by atoms with E-state index in [0.717, 1.165) is 12.0 Å². The van der Waals surface area contributed by atoms with Crippen molar-refractivity contribution in [1.82, 2.24) is 10.2 Å². The SMILES string of the molecule is CC(C)(C)CCNCCN1CCCC2CCCCC21. The number of hydrogen-bond acceptors (Lipinski definition) is 2. The van der Waals surface area contributed by atoms with Gasteiger partial charge in [-0.2, -0.15) is 0 Å². The first-order valence-corrected chi connectivity index (χ1v) is 8.51. The summed E-state index contributed by atoms with van der Waals surface area (Å²) in [6.45, 7) is 11.9. The maximum absolute atomic E-state index is 3.64. The molecule has 0 aromatic heterocycles. The molecule has 0 aromatic carbocycles. The van der Waals surface area contributed by atoms with E-state index in [9.17, 15) is 0 Å². The van der Waals surface area contributed by atoms with Gasteiger partial charge in [0.25, 0.3) is 0 Å². The van der Waals surface area contributed by atoms with Gasteiger partial charge in [0.15, 0.2) is 0 Å². The molecule has 1 saturated carbocycles. The van der Waals surface area contributed by atoms with Gasteiger partial charge in [0.1, 0.15) is 0 Å². The summed E-state index contributed by atoms with van der Waals surface area (Å²) >= 11 is 0. The Hall–Kier alpha value is -0.0800. The number of nitrogens with zero attached hydrogens (tertiary/aromatic N) is 1. The largest absolute Gasteiger partial charge is 0.315 e. The van der Waals surface area contributed by atoms with Gasteiger partial charge in [-0.3, -0.25) is 4.90 Å². The molecule has 2 nitrogen and oxygen atoms in total. The molecular weight excluding hydrogens is 232 g/mol. The lowest BCUT2D eigenvalue weighted by atomic mass is 9.78. The highest BCUT2D eigenvalue weighted by molar-refractivity contribution is 4.87. The zero-order chi connectivity index (χ0) is 13.7. The van der Waals surface area contributed by atoms with Gasteiger partial charge in [-0.15, -0.1) is 0 Å². The van der Waals surface area contributed by atoms with Crippen molar-refractivity contribution in [2.24, 2.45) is 11.3 Å². The van der Waals surface area contributed by atoms with E-state index in [1.54, 1.807) is 0 Å². The van der Waals surface area contributed by atoms with E-state index in [1.807, 2.05) is 0 Å². The molecule has 0 bridgehead atoms. The van der Waals surface area contributed by atoms with E-state index in [4.69, 9.17) is 0 Å². The van der Waals surface area contributed by atoms with E-state index >= 15 is 0 Å². The molecule has 0 amide bonds. The lowest BCUT2D eigenvalue weighted by molar-refractivity contribution is 0.0618. The van der Waals surface area contributed by atoms with Crippen molar-refractivity contribution >= 4 is 0 Å². The van der Waals surface area contributed by atoms with Gasteiger partial charge < -0.3 is 5.32 Å². The molecule has 1 aliphatic heterocycles. The van der Waals surface area contributed by atoms with Crippen LogP contribution in [0, 0.1) is 11.3 Å². The van der Waals surface area contributed by atoms with Crippen LogP contribution in [0.4, 0.5) is 0 Å². The first-order chi connectivity index (χ1) is 9.06. The highest BCUT2D eigenvalue weighted by Gasteiger charge is 2.32. The van der Waals surface area contributed by atoms with Crippen LogP contribution in [-0.2, 0) is 0 Å². The Morgan fingerprint density at radius 2 is 1.74 bits per heavy atom. The smallest absolute Gasteiger partial charge is 0.0124 e. The van der Waals surface area contributed by atoms with Crippen LogP contribution in [0.15, 0.2) is 0 Å². The van der Waals surface area contributed by atoms with Crippen LogP contribution in [0.1, 0.15) is 65.7 Å². The molecule has 2 atom stereocenters. The van der Waals surface area contributed by atoms with Gasteiger partial charge in [-0.05, 0) is 56.5 Å². The van der Waals surface area contributed by atoms with E-state index < -0.39 is 0 Å². The van der Waals surface area contributed by atoms with Crippen molar-refractivity contribution < 1.29 is 0 Å². The van der Waals surface area contributed by atoms with Gasteiger partial charge in [0.05, 0.1) is 0 Å². The Balaban J connectivity index is 1.64. The van der Waals surface area contributed by atoms with Crippen LogP contribution in [-0.4, -0.2) is 37.1 Å². The lowest BCUT2D eigenvalue weighted by Gasteiger charge is -2.44. The van der Waals surface area contributed by atoms with E-state index in [0.29, 0.717) is 5.41 Å². The molecule has 2 heteroatoms. The number of piperidine rings is 1. The standard InChI is InChI=1S/C17H34N2/c1-17(2,3)10-11-18-12-14-19-13-6-8-15-7-4-5-9-16(15)19/h15-16,18H,4-14H2,1-3H3. The Morgan fingerprint density at radius 1 is 1.00 bits per heavy atom. The zero-order valence-corrected chi connectivity index (χ0v) is 13.4. The minimum atomic E-state index is 0.465. The summed E-state index contributed by atoms with van der Waals surface area (Å²) < 4.78 is 0. The second-order valence-corrected chi connectivity index (χ2v) is 7.85. The minimum absolute atomic E-state index is 0.465. The molecule has 0 spiro atoms. The van der Waals surface area contributed by atoms with Gasteiger partial charge >= 0.3 is 0 Å². The van der Waals surface area contributed by atoms with E-state index in [1.165, 1.54) is 71.1 Å². The topological polar surface area (TPSA) is 15.3 Å². The van der Waals surface area contributed by atoms with Crippen LogP contribution >= 0.6 is 0 Å². The fourth-order valence-electron chi connectivity index (χ4n) is 3.82. The summed E-state index contributed by atoms with van der Waals surface area (Å²) in [7, 11) is 0. The fraction of sp³-hybridized carbons (Fsp3) is 1.00.